The van der Waals surface area contributed by atoms with Crippen LogP contribution in [0.3, 0.4) is 0 Å². The molecule has 0 fully saturated rings. The molecule has 0 spiro atoms. The van der Waals surface area contributed by atoms with E-state index in [0.717, 1.165) is 0 Å². The topological polar surface area (TPSA) is 0 Å². The molecule has 0 saturated carbocycles. The van der Waals surface area contributed by atoms with Crippen molar-refractivity contribution in [2.24, 2.45) is 0 Å². The SMILES string of the molecule is FSF.[Mn]. The van der Waals surface area contributed by atoms with Crippen LogP contribution >= 0.6 is 12.5 Å². The zero-order chi connectivity index (χ0) is 2.71. The maximum atomic E-state index is 9.54. The van der Waals surface area contributed by atoms with Gasteiger partial charge in [0, 0.05) is 17.1 Å². The van der Waals surface area contributed by atoms with E-state index in [2.05, 4.69) is 0 Å². The van der Waals surface area contributed by atoms with Gasteiger partial charge in [-0.3, -0.25) is 0 Å². The molecule has 0 N–H and O–H groups in total. The smallest absolute Gasteiger partial charge is 0.127 e. The standard InChI is InChI=1S/F2S.Mn/c1-3-2;. The Morgan fingerprint density at radius 2 is 1.25 bits per heavy atom. The Balaban J connectivity index is 0. The Morgan fingerprint density at radius 1 is 1.25 bits per heavy atom. The molecule has 0 nitrogen and oxygen atoms in total. The Kier molecular flexibility index (Phi) is 20.5. The van der Waals surface area contributed by atoms with Crippen LogP contribution in [0.1, 0.15) is 0 Å². The minimum atomic E-state index is -1.25. The molecule has 0 unspecified atom stereocenters. The Bertz CT molecular complexity index is 6.00. The van der Waals surface area contributed by atoms with Crippen LogP contribution in [0.5, 0.6) is 0 Å². The van der Waals surface area contributed by atoms with Gasteiger partial charge < -0.3 is 0 Å². The van der Waals surface area contributed by atoms with E-state index in [0.29, 0.717) is 0 Å². The van der Waals surface area contributed by atoms with Crippen molar-refractivity contribution in [3.05, 3.63) is 0 Å². The van der Waals surface area contributed by atoms with Gasteiger partial charge in [-0.15, -0.1) is 7.77 Å². The Morgan fingerprint density at radius 3 is 1.25 bits per heavy atom. The molecule has 0 aromatic heterocycles. The van der Waals surface area contributed by atoms with E-state index >= 15 is 0 Å². The van der Waals surface area contributed by atoms with Crippen LogP contribution < -0.4 is 0 Å². The summed E-state index contributed by atoms with van der Waals surface area (Å²) in [5.74, 6) is 0. The maximum Gasteiger partial charge on any atom is 0.255 e. The predicted molar refractivity (Wildman–Crippen MR) is 9.81 cm³/mol. The van der Waals surface area contributed by atoms with Gasteiger partial charge in [-0.2, -0.15) is 0 Å². The summed E-state index contributed by atoms with van der Waals surface area (Å²) in [6.07, 6.45) is 0. The summed E-state index contributed by atoms with van der Waals surface area (Å²) in [6.45, 7) is 0. The summed E-state index contributed by atoms with van der Waals surface area (Å²) in [5.41, 5.74) is 0. The average molecular weight is 125 g/mol. The second-order valence-corrected chi connectivity index (χ2v) is 0.175. The third-order valence-electron chi connectivity index (χ3n) is 0. The van der Waals surface area contributed by atoms with Gasteiger partial charge in [0.2, 0.25) is 0 Å². The summed E-state index contributed by atoms with van der Waals surface area (Å²) in [7, 11) is 0. The Labute approximate surface area is 38.0 Å². The zero-order valence-corrected chi connectivity index (χ0v) is 3.54. The number of hydrogen-bond donors (Lipinski definition) is 0. The number of hydrogen-bond acceptors (Lipinski definition) is 1. The molecule has 27 valence electrons. The molecule has 4 heavy (non-hydrogen) atoms. The molecule has 0 saturated heterocycles. The quantitative estimate of drug-likeness (QED) is 0.442. The van der Waals surface area contributed by atoms with Crippen LogP contribution in [-0.2, 0) is 17.1 Å². The fourth-order valence-corrected chi connectivity index (χ4v) is 0. The molecule has 0 aromatic rings. The normalized spacial score (nSPS) is 4.50. The van der Waals surface area contributed by atoms with Crippen molar-refractivity contribution in [2.75, 3.05) is 0 Å². The summed E-state index contributed by atoms with van der Waals surface area (Å²) >= 11 is -1.25. The van der Waals surface area contributed by atoms with Crippen LogP contribution in [0.15, 0.2) is 0 Å². The molecule has 0 aliphatic heterocycles. The van der Waals surface area contributed by atoms with E-state index in [4.69, 9.17) is 0 Å². The molecule has 0 aromatic carbocycles. The van der Waals surface area contributed by atoms with Gasteiger partial charge >= 0.3 is 0 Å². The van der Waals surface area contributed by atoms with Crippen molar-refractivity contribution in [2.45, 2.75) is 0 Å². The van der Waals surface area contributed by atoms with Crippen molar-refractivity contribution in [1.29, 1.82) is 0 Å². The van der Waals surface area contributed by atoms with Gasteiger partial charge in [-0.05, 0) is 0 Å². The molecule has 0 atom stereocenters. The third kappa shape index (κ3) is 15.3. The third-order valence-corrected chi connectivity index (χ3v) is 0. The summed E-state index contributed by atoms with van der Waals surface area (Å²) in [4.78, 5) is 0. The molecule has 1 radical (unpaired) electrons. The zero-order valence-electron chi connectivity index (χ0n) is 1.54. The largest absolute Gasteiger partial charge is 0.255 e. The van der Waals surface area contributed by atoms with Gasteiger partial charge in [-0.25, -0.2) is 0 Å². The molecule has 0 heterocycles. The molecule has 0 amide bonds. The van der Waals surface area contributed by atoms with Gasteiger partial charge in [0.1, 0.15) is 0 Å². The fraction of sp³-hybridized carbons (Fsp3) is 0. The average Bonchev–Trinajstić information content (AvgIpc) is 0.918. The summed E-state index contributed by atoms with van der Waals surface area (Å²) in [5, 5.41) is 0. The summed E-state index contributed by atoms with van der Waals surface area (Å²) in [6, 6.07) is 0. The Hall–Kier alpha value is 0.729. The van der Waals surface area contributed by atoms with Gasteiger partial charge in [0.15, 0.2) is 0 Å². The van der Waals surface area contributed by atoms with E-state index in [1.54, 1.807) is 0 Å². The van der Waals surface area contributed by atoms with Crippen LogP contribution in [0.25, 0.3) is 0 Å². The molecular formula is F2MnS. The van der Waals surface area contributed by atoms with Crippen LogP contribution in [0.4, 0.5) is 7.77 Å². The minimum absolute atomic E-state index is 0. The first-order valence-electron chi connectivity index (χ1n) is 0.309. The van der Waals surface area contributed by atoms with Gasteiger partial charge in [-0.1, -0.05) is 0 Å². The minimum Gasteiger partial charge on any atom is -0.127 e. The molecule has 4 heteroatoms. The second-order valence-electron chi connectivity index (χ2n) is 0.0583. The van der Waals surface area contributed by atoms with E-state index in [1.807, 2.05) is 0 Å². The van der Waals surface area contributed by atoms with E-state index in [1.165, 1.54) is 0 Å². The molecule has 0 aliphatic rings. The molecule has 0 bridgehead atoms. The first-order valence-corrected chi connectivity index (χ1v) is 0.926. The molecule has 0 aliphatic carbocycles. The summed E-state index contributed by atoms with van der Waals surface area (Å²) < 4.78 is 19.1. The first kappa shape index (κ1) is 8.83. The van der Waals surface area contributed by atoms with Crippen molar-refractivity contribution in [1.82, 2.24) is 0 Å². The fourth-order valence-electron chi connectivity index (χ4n) is 0. The number of halogens is 2. The monoisotopic (exact) mass is 125 g/mol. The predicted octanol–water partition coefficient (Wildman–Crippen LogP) is 1.49. The van der Waals surface area contributed by atoms with E-state index in [9.17, 15) is 7.77 Å². The second kappa shape index (κ2) is 9.29. The van der Waals surface area contributed by atoms with Crippen molar-refractivity contribution >= 4 is 12.5 Å². The van der Waals surface area contributed by atoms with Crippen molar-refractivity contribution in [3.63, 3.8) is 0 Å². The van der Waals surface area contributed by atoms with Gasteiger partial charge in [0.25, 0.3) is 12.5 Å². The van der Waals surface area contributed by atoms with Gasteiger partial charge in [0.05, 0.1) is 0 Å². The van der Waals surface area contributed by atoms with Crippen molar-refractivity contribution in [3.8, 4) is 0 Å². The van der Waals surface area contributed by atoms with Crippen LogP contribution in [0.2, 0.25) is 0 Å². The maximum absolute atomic E-state index is 9.54. The molecule has 0 rings (SSSR count). The first-order chi connectivity index (χ1) is 1.41. The molecular weight excluding hydrogens is 125 g/mol. The van der Waals surface area contributed by atoms with Crippen LogP contribution in [-0.4, -0.2) is 0 Å². The van der Waals surface area contributed by atoms with E-state index < -0.39 is 12.5 Å². The van der Waals surface area contributed by atoms with Crippen LogP contribution in [0, 0.1) is 0 Å². The van der Waals surface area contributed by atoms with Crippen molar-refractivity contribution < 1.29 is 24.8 Å². The van der Waals surface area contributed by atoms with E-state index in [-0.39, 0.29) is 17.1 Å². The number of rotatable bonds is 0.